The molecule has 1 aliphatic heterocycles. The highest BCUT2D eigenvalue weighted by molar-refractivity contribution is 6.05. The maximum Gasteiger partial charge on any atom is 0.310 e. The molecule has 1 aromatic rings. The van der Waals surface area contributed by atoms with Crippen LogP contribution in [-0.2, 0) is 15.0 Å². The van der Waals surface area contributed by atoms with E-state index in [9.17, 15) is 14.7 Å². The van der Waals surface area contributed by atoms with Gasteiger partial charge in [0, 0.05) is 5.69 Å². The van der Waals surface area contributed by atoms with Crippen LogP contribution in [0.2, 0.25) is 0 Å². The maximum absolute atomic E-state index is 11.8. The lowest BCUT2D eigenvalue weighted by Crippen LogP contribution is -2.27. The van der Waals surface area contributed by atoms with Crippen LogP contribution in [0.1, 0.15) is 44.2 Å². The molecular formula is C14H17NO3. The van der Waals surface area contributed by atoms with Crippen LogP contribution < -0.4 is 5.32 Å². The number of carboxylic acids is 1. The molecule has 1 atom stereocenters. The lowest BCUT2D eigenvalue weighted by atomic mass is 9.83. The predicted molar refractivity (Wildman–Crippen MR) is 68.8 cm³/mol. The molecule has 4 nitrogen and oxygen atoms in total. The molecule has 1 amide bonds. The topological polar surface area (TPSA) is 66.4 Å². The van der Waals surface area contributed by atoms with Gasteiger partial charge in [0.25, 0.3) is 0 Å². The summed E-state index contributed by atoms with van der Waals surface area (Å²) in [6.45, 7) is 5.54. The number of carboxylic acid groups (broad SMARTS) is 1. The van der Waals surface area contributed by atoms with E-state index < -0.39 is 17.3 Å². The highest BCUT2D eigenvalue weighted by Gasteiger charge is 2.38. The van der Waals surface area contributed by atoms with Gasteiger partial charge in [0.15, 0.2) is 0 Å². The highest BCUT2D eigenvalue weighted by Crippen LogP contribution is 2.39. The molecule has 1 heterocycles. The van der Waals surface area contributed by atoms with E-state index in [-0.39, 0.29) is 5.91 Å². The van der Waals surface area contributed by atoms with E-state index in [1.807, 2.05) is 26.8 Å². The number of carbonyl (C=O) groups excluding carboxylic acids is 1. The maximum atomic E-state index is 11.8. The van der Waals surface area contributed by atoms with Crippen LogP contribution in [-0.4, -0.2) is 17.0 Å². The van der Waals surface area contributed by atoms with Crippen molar-refractivity contribution in [3.05, 3.63) is 29.3 Å². The van der Waals surface area contributed by atoms with Gasteiger partial charge in [-0.1, -0.05) is 19.1 Å². The number of hydrogen-bond acceptors (Lipinski definition) is 2. The summed E-state index contributed by atoms with van der Waals surface area (Å²) >= 11 is 0. The fourth-order valence-electron chi connectivity index (χ4n) is 2.36. The van der Waals surface area contributed by atoms with Gasteiger partial charge < -0.3 is 10.4 Å². The number of rotatable bonds is 3. The second-order valence-electron chi connectivity index (χ2n) is 5.18. The molecule has 1 aliphatic rings. The third-order valence-electron chi connectivity index (χ3n) is 3.64. The number of aliphatic carboxylic acids is 1. The molecule has 0 spiro atoms. The minimum Gasteiger partial charge on any atom is -0.481 e. The predicted octanol–water partition coefficient (Wildman–Crippen LogP) is 2.49. The first kappa shape index (κ1) is 12.6. The zero-order valence-electron chi connectivity index (χ0n) is 10.8. The van der Waals surface area contributed by atoms with Crippen LogP contribution in [0.3, 0.4) is 0 Å². The molecule has 96 valence electrons. The van der Waals surface area contributed by atoms with Crippen molar-refractivity contribution in [2.24, 2.45) is 0 Å². The average molecular weight is 247 g/mol. The Labute approximate surface area is 106 Å². The second-order valence-corrected chi connectivity index (χ2v) is 5.18. The molecule has 4 heteroatoms. The first-order chi connectivity index (χ1) is 8.37. The molecule has 1 aromatic carbocycles. The highest BCUT2D eigenvalue weighted by atomic mass is 16.4. The van der Waals surface area contributed by atoms with E-state index >= 15 is 0 Å². The number of hydrogen-bond donors (Lipinski definition) is 2. The van der Waals surface area contributed by atoms with E-state index in [0.717, 1.165) is 16.8 Å². The Morgan fingerprint density at radius 2 is 2.11 bits per heavy atom. The smallest absolute Gasteiger partial charge is 0.310 e. The molecule has 0 fully saturated rings. The molecule has 0 aromatic heterocycles. The molecule has 0 radical (unpaired) electrons. The summed E-state index contributed by atoms with van der Waals surface area (Å²) in [5, 5.41) is 12.0. The molecule has 2 rings (SSSR count). The largest absolute Gasteiger partial charge is 0.481 e. The molecule has 18 heavy (non-hydrogen) atoms. The van der Waals surface area contributed by atoms with Gasteiger partial charge >= 0.3 is 5.97 Å². The molecular weight excluding hydrogens is 230 g/mol. The Morgan fingerprint density at radius 1 is 1.44 bits per heavy atom. The summed E-state index contributed by atoms with van der Waals surface area (Å²) in [4.78, 5) is 23.0. The van der Waals surface area contributed by atoms with Crippen LogP contribution in [0.25, 0.3) is 0 Å². The zero-order chi connectivity index (χ0) is 13.5. The van der Waals surface area contributed by atoms with Gasteiger partial charge in [0.1, 0.15) is 0 Å². The monoisotopic (exact) mass is 247 g/mol. The molecule has 0 saturated carbocycles. The fourth-order valence-corrected chi connectivity index (χ4v) is 2.36. The van der Waals surface area contributed by atoms with Crippen LogP contribution in [0.5, 0.6) is 0 Å². The van der Waals surface area contributed by atoms with Crippen molar-refractivity contribution in [3.8, 4) is 0 Å². The van der Waals surface area contributed by atoms with E-state index in [1.54, 1.807) is 12.1 Å². The number of carbonyl (C=O) groups is 2. The van der Waals surface area contributed by atoms with Crippen molar-refractivity contribution in [1.82, 2.24) is 0 Å². The van der Waals surface area contributed by atoms with E-state index in [0.29, 0.717) is 6.42 Å². The summed E-state index contributed by atoms with van der Waals surface area (Å²) in [5.41, 5.74) is 1.83. The standard InChI is InChI=1S/C14H17NO3/c1-4-9(12(16)17)8-5-6-11-10(7-8)14(2,3)13(18)15-11/h5-7,9H,4H2,1-3H3,(H,15,18)(H,16,17). The Hall–Kier alpha value is -1.84. The number of amides is 1. The van der Waals surface area contributed by atoms with Crippen LogP contribution in [0.4, 0.5) is 5.69 Å². The van der Waals surface area contributed by atoms with Crippen molar-refractivity contribution in [2.75, 3.05) is 5.32 Å². The van der Waals surface area contributed by atoms with Crippen molar-refractivity contribution in [2.45, 2.75) is 38.5 Å². The van der Waals surface area contributed by atoms with Gasteiger partial charge in [-0.25, -0.2) is 0 Å². The quantitative estimate of drug-likeness (QED) is 0.862. The Balaban J connectivity index is 2.49. The molecule has 0 saturated heterocycles. The van der Waals surface area contributed by atoms with Gasteiger partial charge in [-0.15, -0.1) is 0 Å². The summed E-state index contributed by atoms with van der Waals surface area (Å²) in [7, 11) is 0. The van der Waals surface area contributed by atoms with E-state index in [1.165, 1.54) is 0 Å². The molecule has 0 aliphatic carbocycles. The van der Waals surface area contributed by atoms with Crippen LogP contribution >= 0.6 is 0 Å². The fraction of sp³-hybridized carbons (Fsp3) is 0.429. The summed E-state index contributed by atoms with van der Waals surface area (Å²) in [6.07, 6.45) is 0.538. The van der Waals surface area contributed by atoms with Crippen molar-refractivity contribution in [3.63, 3.8) is 0 Å². The Kier molecular flexibility index (Phi) is 2.89. The average Bonchev–Trinajstić information content (AvgIpc) is 2.51. The molecule has 1 unspecified atom stereocenters. The van der Waals surface area contributed by atoms with Gasteiger partial charge in [-0.3, -0.25) is 9.59 Å². The zero-order valence-corrected chi connectivity index (χ0v) is 10.8. The van der Waals surface area contributed by atoms with Gasteiger partial charge in [0.2, 0.25) is 5.91 Å². The minimum absolute atomic E-state index is 0.0435. The third kappa shape index (κ3) is 1.78. The first-order valence-corrected chi connectivity index (χ1v) is 6.06. The van der Waals surface area contributed by atoms with Gasteiger partial charge in [0.05, 0.1) is 11.3 Å². The first-order valence-electron chi connectivity index (χ1n) is 6.06. The van der Waals surface area contributed by atoms with Crippen LogP contribution in [0.15, 0.2) is 18.2 Å². The van der Waals surface area contributed by atoms with Gasteiger partial charge in [-0.05, 0) is 37.5 Å². The number of benzene rings is 1. The summed E-state index contributed by atoms with van der Waals surface area (Å²) in [6, 6.07) is 5.42. The second kappa shape index (κ2) is 4.12. The normalized spacial score (nSPS) is 18.1. The third-order valence-corrected chi connectivity index (χ3v) is 3.64. The minimum atomic E-state index is -0.826. The Morgan fingerprint density at radius 3 is 2.67 bits per heavy atom. The number of fused-ring (bicyclic) bond motifs is 1. The van der Waals surface area contributed by atoms with E-state index in [4.69, 9.17) is 0 Å². The Bertz CT molecular complexity index is 520. The lowest BCUT2D eigenvalue weighted by molar-refractivity contribution is -0.138. The summed E-state index contributed by atoms with van der Waals surface area (Å²) < 4.78 is 0. The van der Waals surface area contributed by atoms with E-state index in [2.05, 4.69) is 5.32 Å². The van der Waals surface area contributed by atoms with Crippen molar-refractivity contribution >= 4 is 17.6 Å². The SMILES string of the molecule is CCC(C(=O)O)c1ccc2c(c1)C(C)(C)C(=O)N2. The molecule has 2 N–H and O–H groups in total. The number of nitrogens with one attached hydrogen (secondary N) is 1. The van der Waals surface area contributed by atoms with Crippen LogP contribution in [0, 0.1) is 0 Å². The van der Waals surface area contributed by atoms with Gasteiger partial charge in [-0.2, -0.15) is 0 Å². The molecule has 0 bridgehead atoms. The summed E-state index contributed by atoms with van der Waals surface area (Å²) in [5.74, 6) is -1.38. The number of anilines is 1. The van der Waals surface area contributed by atoms with Crippen molar-refractivity contribution in [1.29, 1.82) is 0 Å². The van der Waals surface area contributed by atoms with Crippen molar-refractivity contribution < 1.29 is 14.7 Å². The lowest BCUT2D eigenvalue weighted by Gasteiger charge is -2.17.